The first kappa shape index (κ1) is 20.2. The third-order valence-electron chi connectivity index (χ3n) is 6.98. The second-order valence-corrected chi connectivity index (χ2v) is 8.94. The Hall–Kier alpha value is -2.69. The molecule has 160 valence electrons. The average Bonchev–Trinajstić information content (AvgIpc) is 2.83. The van der Waals surface area contributed by atoms with Gasteiger partial charge in [-0.2, -0.15) is 0 Å². The highest BCUT2D eigenvalue weighted by atomic mass is 15.3. The lowest BCUT2D eigenvalue weighted by molar-refractivity contribution is 0.0902. The summed E-state index contributed by atoms with van der Waals surface area (Å²) >= 11 is 0. The summed E-state index contributed by atoms with van der Waals surface area (Å²) in [6, 6.07) is 24.3. The Morgan fingerprint density at radius 3 is 2.39 bits per heavy atom. The smallest absolute Gasteiger partial charge is 0.124 e. The molecule has 1 aliphatic heterocycles. The zero-order chi connectivity index (χ0) is 21.0. The van der Waals surface area contributed by atoms with Crippen LogP contribution in [0.25, 0.3) is 11.3 Å². The van der Waals surface area contributed by atoms with Crippen molar-refractivity contribution in [2.75, 3.05) is 38.5 Å². The molecule has 2 aliphatic rings. The van der Waals surface area contributed by atoms with Crippen molar-refractivity contribution in [3.63, 3.8) is 0 Å². The van der Waals surface area contributed by atoms with Crippen LogP contribution in [0.1, 0.15) is 23.1 Å². The summed E-state index contributed by atoms with van der Waals surface area (Å²) in [6.45, 7) is 5.91. The summed E-state index contributed by atoms with van der Waals surface area (Å²) in [7, 11) is 0. The minimum absolute atomic E-state index is 0.568. The number of benzene rings is 2. The minimum atomic E-state index is 0.568. The van der Waals surface area contributed by atoms with Crippen LogP contribution in [-0.2, 0) is 19.3 Å². The summed E-state index contributed by atoms with van der Waals surface area (Å²) in [5, 5.41) is 0. The Morgan fingerprint density at radius 2 is 1.61 bits per heavy atom. The van der Waals surface area contributed by atoms with Crippen molar-refractivity contribution < 1.29 is 0 Å². The van der Waals surface area contributed by atoms with Gasteiger partial charge in [0.25, 0.3) is 0 Å². The third-order valence-corrected chi connectivity index (χ3v) is 6.98. The van der Waals surface area contributed by atoms with Gasteiger partial charge in [0, 0.05) is 44.3 Å². The van der Waals surface area contributed by atoms with Crippen molar-refractivity contribution >= 4 is 5.82 Å². The number of aryl methyl sites for hydroxylation is 1. The van der Waals surface area contributed by atoms with Crippen LogP contribution in [0, 0.1) is 0 Å². The first-order chi connectivity index (χ1) is 15.2. The van der Waals surface area contributed by atoms with E-state index in [-0.39, 0.29) is 0 Å². The number of fused-ring (bicyclic) bond motifs is 1. The van der Waals surface area contributed by atoms with Crippen LogP contribution in [0.5, 0.6) is 0 Å². The molecule has 5 rings (SSSR count). The molecule has 4 heteroatoms. The first-order valence-electron chi connectivity index (χ1n) is 11.6. The summed E-state index contributed by atoms with van der Waals surface area (Å²) in [4.78, 5) is 9.78. The van der Waals surface area contributed by atoms with Gasteiger partial charge in [-0.05, 0) is 54.5 Å². The van der Waals surface area contributed by atoms with Crippen LogP contribution in [0.4, 0.5) is 5.82 Å². The highest BCUT2D eigenvalue weighted by Gasteiger charge is 2.26. The topological polar surface area (TPSA) is 45.4 Å². The van der Waals surface area contributed by atoms with E-state index in [1.165, 1.54) is 51.0 Å². The molecule has 0 saturated carbocycles. The van der Waals surface area contributed by atoms with Gasteiger partial charge in [-0.1, -0.05) is 54.6 Å². The Kier molecular flexibility index (Phi) is 6.01. The van der Waals surface area contributed by atoms with E-state index in [9.17, 15) is 0 Å². The van der Waals surface area contributed by atoms with Crippen LogP contribution in [0.2, 0.25) is 0 Å². The van der Waals surface area contributed by atoms with Crippen molar-refractivity contribution in [2.24, 2.45) is 0 Å². The number of pyridine rings is 1. The molecule has 4 nitrogen and oxygen atoms in total. The SMILES string of the molecule is Nc1cccc(-c2ccc(CCN3CCN(C4CCc5ccccc5C4)CC3)cc2)n1. The van der Waals surface area contributed by atoms with E-state index in [2.05, 4.69) is 63.3 Å². The maximum absolute atomic E-state index is 5.81. The fourth-order valence-electron chi connectivity index (χ4n) is 5.08. The summed E-state index contributed by atoms with van der Waals surface area (Å²) in [6.07, 6.45) is 4.87. The molecule has 0 amide bonds. The Morgan fingerprint density at radius 1 is 0.839 bits per heavy atom. The largest absolute Gasteiger partial charge is 0.384 e. The molecule has 0 bridgehead atoms. The molecule has 3 aromatic rings. The van der Waals surface area contributed by atoms with E-state index in [0.29, 0.717) is 5.82 Å². The zero-order valence-electron chi connectivity index (χ0n) is 18.2. The molecule has 31 heavy (non-hydrogen) atoms. The number of nitrogens with two attached hydrogens (primary N) is 1. The van der Waals surface area contributed by atoms with E-state index in [0.717, 1.165) is 30.3 Å². The molecule has 2 aromatic carbocycles. The summed E-state index contributed by atoms with van der Waals surface area (Å²) < 4.78 is 0. The van der Waals surface area contributed by atoms with Gasteiger partial charge in [-0.3, -0.25) is 4.90 Å². The number of nitrogens with zero attached hydrogens (tertiary/aromatic N) is 3. The number of piperazine rings is 1. The van der Waals surface area contributed by atoms with E-state index in [1.807, 2.05) is 18.2 Å². The molecule has 1 atom stereocenters. The highest BCUT2D eigenvalue weighted by Crippen LogP contribution is 2.25. The number of hydrogen-bond acceptors (Lipinski definition) is 4. The molecule has 1 aromatic heterocycles. The lowest BCUT2D eigenvalue weighted by Gasteiger charge is -2.41. The van der Waals surface area contributed by atoms with Crippen molar-refractivity contribution in [1.82, 2.24) is 14.8 Å². The van der Waals surface area contributed by atoms with Gasteiger partial charge in [0.15, 0.2) is 0 Å². The maximum Gasteiger partial charge on any atom is 0.124 e. The lowest BCUT2D eigenvalue weighted by atomic mass is 9.87. The minimum Gasteiger partial charge on any atom is -0.384 e. The normalized spacial score (nSPS) is 19.8. The fourth-order valence-corrected chi connectivity index (χ4v) is 5.08. The predicted octanol–water partition coefficient (Wildman–Crippen LogP) is 4.05. The van der Waals surface area contributed by atoms with E-state index in [4.69, 9.17) is 5.73 Å². The van der Waals surface area contributed by atoms with Gasteiger partial charge in [0.2, 0.25) is 0 Å². The van der Waals surface area contributed by atoms with E-state index < -0.39 is 0 Å². The molecule has 0 radical (unpaired) electrons. The van der Waals surface area contributed by atoms with Gasteiger partial charge in [-0.25, -0.2) is 4.98 Å². The van der Waals surface area contributed by atoms with Crippen molar-refractivity contribution in [3.8, 4) is 11.3 Å². The van der Waals surface area contributed by atoms with Crippen LogP contribution in [-0.4, -0.2) is 53.5 Å². The van der Waals surface area contributed by atoms with Crippen molar-refractivity contribution in [3.05, 3.63) is 83.4 Å². The molecule has 0 spiro atoms. The molecule has 1 saturated heterocycles. The molecular formula is C27H32N4. The highest BCUT2D eigenvalue weighted by molar-refractivity contribution is 5.61. The molecule has 2 heterocycles. The van der Waals surface area contributed by atoms with E-state index in [1.54, 1.807) is 11.1 Å². The lowest BCUT2D eigenvalue weighted by Crippen LogP contribution is -2.51. The number of hydrogen-bond donors (Lipinski definition) is 1. The third kappa shape index (κ3) is 4.81. The maximum atomic E-state index is 5.81. The molecular weight excluding hydrogens is 380 g/mol. The standard InChI is InChI=1S/C27H32N4/c28-27-7-3-6-26(29-27)23-10-8-21(9-11-23)14-15-30-16-18-31(19-17-30)25-13-12-22-4-1-2-5-24(22)20-25/h1-11,25H,12-20H2,(H2,28,29). The van der Waals surface area contributed by atoms with Crippen molar-refractivity contribution in [1.29, 1.82) is 0 Å². The predicted molar refractivity (Wildman–Crippen MR) is 128 cm³/mol. The van der Waals surface area contributed by atoms with Crippen LogP contribution in [0.3, 0.4) is 0 Å². The van der Waals surface area contributed by atoms with E-state index >= 15 is 0 Å². The zero-order valence-corrected chi connectivity index (χ0v) is 18.2. The molecule has 2 N–H and O–H groups in total. The molecule has 1 unspecified atom stereocenters. The Labute approximate surface area is 185 Å². The van der Waals surface area contributed by atoms with Gasteiger partial charge in [-0.15, -0.1) is 0 Å². The average molecular weight is 413 g/mol. The quantitative estimate of drug-likeness (QED) is 0.687. The molecule has 1 fully saturated rings. The Bertz CT molecular complexity index is 1010. The van der Waals surface area contributed by atoms with Crippen LogP contribution >= 0.6 is 0 Å². The fraction of sp³-hybridized carbons (Fsp3) is 0.370. The van der Waals surface area contributed by atoms with Gasteiger partial charge in [0.1, 0.15) is 5.82 Å². The van der Waals surface area contributed by atoms with Crippen LogP contribution < -0.4 is 5.73 Å². The van der Waals surface area contributed by atoms with Crippen LogP contribution in [0.15, 0.2) is 66.7 Å². The van der Waals surface area contributed by atoms with Gasteiger partial charge in [0.05, 0.1) is 5.69 Å². The second-order valence-electron chi connectivity index (χ2n) is 8.94. The van der Waals surface area contributed by atoms with Gasteiger partial charge < -0.3 is 10.6 Å². The second kappa shape index (κ2) is 9.21. The Balaban J connectivity index is 1.10. The number of aromatic nitrogens is 1. The monoisotopic (exact) mass is 412 g/mol. The van der Waals surface area contributed by atoms with Crippen molar-refractivity contribution in [2.45, 2.75) is 31.7 Å². The molecule has 1 aliphatic carbocycles. The number of nitrogen functional groups attached to an aromatic ring is 1. The summed E-state index contributed by atoms with van der Waals surface area (Å²) in [5.74, 6) is 0.568. The first-order valence-corrected chi connectivity index (χ1v) is 11.6. The van der Waals surface area contributed by atoms with Gasteiger partial charge >= 0.3 is 0 Å². The number of rotatable bonds is 5. The number of anilines is 1. The summed E-state index contributed by atoms with van der Waals surface area (Å²) in [5.41, 5.74) is 12.4.